The first-order valence-corrected chi connectivity index (χ1v) is 8.41. The van der Waals surface area contributed by atoms with Gasteiger partial charge in [-0.2, -0.15) is 0 Å². The molecule has 25 heavy (non-hydrogen) atoms. The van der Waals surface area contributed by atoms with Gasteiger partial charge in [0, 0.05) is 29.1 Å². The molecule has 0 aliphatic carbocycles. The summed E-state index contributed by atoms with van der Waals surface area (Å²) in [5, 5.41) is 10.2. The summed E-state index contributed by atoms with van der Waals surface area (Å²) in [6.07, 6.45) is 0.616. The number of amides is 1. The predicted molar refractivity (Wildman–Crippen MR) is 94.3 cm³/mol. The van der Waals surface area contributed by atoms with Gasteiger partial charge in [-0.25, -0.2) is 0 Å². The highest BCUT2D eigenvalue weighted by Gasteiger charge is 2.27. The van der Waals surface area contributed by atoms with Gasteiger partial charge in [0.2, 0.25) is 0 Å². The topological polar surface area (TPSA) is 80.0 Å². The molecule has 2 aromatic rings. The summed E-state index contributed by atoms with van der Waals surface area (Å²) >= 11 is 0. The quantitative estimate of drug-likeness (QED) is 0.811. The van der Waals surface area contributed by atoms with Crippen molar-refractivity contribution in [3.63, 3.8) is 0 Å². The first kappa shape index (κ1) is 18.8. The molecule has 0 saturated carbocycles. The molecule has 6 heteroatoms. The lowest BCUT2D eigenvalue weighted by molar-refractivity contribution is -0.160. The molecular weight excluding hydrogens is 322 g/mol. The van der Waals surface area contributed by atoms with Crippen LogP contribution in [0.3, 0.4) is 0 Å². The number of phenolic OH excluding ortho intramolecular Hbond substituents is 1. The largest absolute Gasteiger partial charge is 0.508 e. The van der Waals surface area contributed by atoms with Crippen LogP contribution in [-0.2, 0) is 20.7 Å². The van der Waals surface area contributed by atoms with Crippen molar-refractivity contribution in [2.45, 2.75) is 59.2 Å². The summed E-state index contributed by atoms with van der Waals surface area (Å²) in [7, 11) is 0. The molecule has 1 amide bonds. The third kappa shape index (κ3) is 4.32. The fourth-order valence-electron chi connectivity index (χ4n) is 2.97. The normalized spacial score (nSPS) is 12.6. The standard InChI is InChI=1S/C19H25NO5/c1-11(2)20(12(3)4)19(23)13(5)25-18(22)8-14-10-24-17-9-15(21)6-7-16(14)17/h6-7,9-13,21H,8H2,1-5H3/t13-/m0/s1. The number of carbonyl (C=O) groups is 2. The second-order valence-electron chi connectivity index (χ2n) is 6.68. The van der Waals surface area contributed by atoms with Gasteiger partial charge in [-0.1, -0.05) is 0 Å². The zero-order valence-corrected chi connectivity index (χ0v) is 15.3. The van der Waals surface area contributed by atoms with E-state index in [4.69, 9.17) is 9.15 Å². The Hall–Kier alpha value is -2.50. The maximum Gasteiger partial charge on any atom is 0.311 e. The van der Waals surface area contributed by atoms with Crippen LogP contribution in [0.2, 0.25) is 0 Å². The van der Waals surface area contributed by atoms with Crippen LogP contribution in [0, 0.1) is 0 Å². The summed E-state index contributed by atoms with van der Waals surface area (Å²) in [6, 6.07) is 4.75. The van der Waals surface area contributed by atoms with Crippen LogP contribution >= 0.6 is 0 Å². The van der Waals surface area contributed by atoms with Crippen LogP contribution < -0.4 is 0 Å². The van der Waals surface area contributed by atoms with Gasteiger partial charge in [0.15, 0.2) is 6.10 Å². The van der Waals surface area contributed by atoms with Crippen molar-refractivity contribution in [1.82, 2.24) is 4.90 Å². The molecule has 1 aromatic heterocycles. The number of ether oxygens (including phenoxy) is 1. The van der Waals surface area contributed by atoms with Crippen LogP contribution in [0.15, 0.2) is 28.9 Å². The number of esters is 1. The summed E-state index contributed by atoms with van der Waals surface area (Å²) in [5.74, 6) is -0.609. The van der Waals surface area contributed by atoms with Gasteiger partial charge in [0.1, 0.15) is 11.3 Å². The number of aromatic hydroxyl groups is 1. The Morgan fingerprint density at radius 3 is 2.40 bits per heavy atom. The Balaban J connectivity index is 2.04. The van der Waals surface area contributed by atoms with Gasteiger partial charge in [-0.3, -0.25) is 9.59 Å². The van der Waals surface area contributed by atoms with Crippen LogP contribution in [-0.4, -0.2) is 40.1 Å². The molecule has 0 aliphatic heterocycles. The second kappa shape index (κ2) is 7.59. The fraction of sp³-hybridized carbons (Fsp3) is 0.474. The number of hydrogen-bond donors (Lipinski definition) is 1. The van der Waals surface area contributed by atoms with Crippen molar-refractivity contribution < 1.29 is 23.8 Å². The van der Waals surface area contributed by atoms with Gasteiger partial charge in [-0.05, 0) is 46.8 Å². The average molecular weight is 347 g/mol. The lowest BCUT2D eigenvalue weighted by Gasteiger charge is -2.32. The molecule has 0 saturated heterocycles. The summed E-state index contributed by atoms with van der Waals surface area (Å²) in [6.45, 7) is 9.31. The first-order chi connectivity index (χ1) is 11.7. The van der Waals surface area contributed by atoms with Crippen LogP contribution in [0.4, 0.5) is 0 Å². The summed E-state index contributed by atoms with van der Waals surface area (Å²) in [5.41, 5.74) is 1.15. The smallest absolute Gasteiger partial charge is 0.311 e. The number of rotatable bonds is 6. The SMILES string of the molecule is CC(C)N(C(=O)[C@H](C)OC(=O)Cc1coc2cc(O)ccc12)C(C)C. The molecule has 1 atom stereocenters. The molecule has 0 aliphatic rings. The van der Waals surface area contributed by atoms with Crippen LogP contribution in [0.25, 0.3) is 11.0 Å². The lowest BCUT2D eigenvalue weighted by atomic mass is 10.1. The number of fused-ring (bicyclic) bond motifs is 1. The Bertz CT molecular complexity index is 754. The summed E-state index contributed by atoms with van der Waals surface area (Å²) < 4.78 is 10.7. The highest BCUT2D eigenvalue weighted by molar-refractivity contribution is 5.88. The van der Waals surface area contributed by atoms with E-state index in [2.05, 4.69) is 0 Å². The van der Waals surface area contributed by atoms with Gasteiger partial charge in [-0.15, -0.1) is 0 Å². The average Bonchev–Trinajstić information content (AvgIpc) is 2.88. The van der Waals surface area contributed by atoms with E-state index in [1.54, 1.807) is 17.9 Å². The van der Waals surface area contributed by atoms with Crippen molar-refractivity contribution in [3.8, 4) is 5.75 Å². The lowest BCUT2D eigenvalue weighted by Crippen LogP contribution is -2.47. The maximum atomic E-state index is 12.5. The van der Waals surface area contributed by atoms with E-state index in [-0.39, 0.29) is 30.2 Å². The van der Waals surface area contributed by atoms with E-state index < -0.39 is 12.1 Å². The number of carbonyl (C=O) groups excluding carboxylic acids is 2. The molecule has 0 bridgehead atoms. The molecule has 0 spiro atoms. The van der Waals surface area contributed by atoms with Gasteiger partial charge < -0.3 is 19.2 Å². The second-order valence-corrected chi connectivity index (χ2v) is 6.68. The number of nitrogens with zero attached hydrogens (tertiary/aromatic N) is 1. The van der Waals surface area contributed by atoms with Gasteiger partial charge >= 0.3 is 5.97 Å². The third-order valence-electron chi connectivity index (χ3n) is 4.00. The monoisotopic (exact) mass is 347 g/mol. The van der Waals surface area contributed by atoms with E-state index >= 15 is 0 Å². The molecule has 2 rings (SSSR count). The van der Waals surface area contributed by atoms with Crippen LogP contribution in [0.5, 0.6) is 5.75 Å². The Labute approximate surface area is 147 Å². The number of benzene rings is 1. The Morgan fingerprint density at radius 2 is 1.80 bits per heavy atom. The Kier molecular flexibility index (Phi) is 5.72. The van der Waals surface area contributed by atoms with E-state index in [0.717, 1.165) is 5.39 Å². The third-order valence-corrected chi connectivity index (χ3v) is 4.00. The van der Waals surface area contributed by atoms with Gasteiger partial charge in [0.25, 0.3) is 5.91 Å². The number of hydrogen-bond acceptors (Lipinski definition) is 5. The highest BCUT2D eigenvalue weighted by Crippen LogP contribution is 2.25. The predicted octanol–water partition coefficient (Wildman–Crippen LogP) is 3.26. The molecule has 1 heterocycles. The van der Waals surface area contributed by atoms with Crippen molar-refractivity contribution in [3.05, 3.63) is 30.0 Å². The minimum Gasteiger partial charge on any atom is -0.508 e. The van der Waals surface area contributed by atoms with Crippen LogP contribution in [0.1, 0.15) is 40.2 Å². The maximum absolute atomic E-state index is 12.5. The highest BCUT2D eigenvalue weighted by atomic mass is 16.5. The summed E-state index contributed by atoms with van der Waals surface area (Å²) in [4.78, 5) is 26.4. The van der Waals surface area contributed by atoms with E-state index in [1.807, 2.05) is 27.7 Å². The van der Waals surface area contributed by atoms with Crippen molar-refractivity contribution >= 4 is 22.8 Å². The van der Waals surface area contributed by atoms with E-state index in [1.165, 1.54) is 18.4 Å². The Morgan fingerprint density at radius 1 is 1.16 bits per heavy atom. The van der Waals surface area contributed by atoms with Crippen molar-refractivity contribution in [1.29, 1.82) is 0 Å². The molecule has 6 nitrogen and oxygen atoms in total. The van der Waals surface area contributed by atoms with Crippen molar-refractivity contribution in [2.24, 2.45) is 0 Å². The molecule has 0 unspecified atom stereocenters. The van der Waals surface area contributed by atoms with Gasteiger partial charge in [0.05, 0.1) is 12.7 Å². The van der Waals surface area contributed by atoms with Crippen molar-refractivity contribution in [2.75, 3.05) is 0 Å². The molecule has 136 valence electrons. The first-order valence-electron chi connectivity index (χ1n) is 8.41. The molecule has 1 aromatic carbocycles. The van der Waals surface area contributed by atoms with E-state index in [0.29, 0.717) is 11.1 Å². The number of furan rings is 1. The number of phenols is 1. The zero-order valence-electron chi connectivity index (χ0n) is 15.3. The molecule has 0 fully saturated rings. The zero-order chi connectivity index (χ0) is 18.7. The molecular formula is C19H25NO5. The molecule has 1 N–H and O–H groups in total. The van der Waals surface area contributed by atoms with E-state index in [9.17, 15) is 14.7 Å². The molecule has 0 radical (unpaired) electrons. The minimum atomic E-state index is -0.848. The fourth-order valence-corrected chi connectivity index (χ4v) is 2.97. The minimum absolute atomic E-state index is 0.00124.